The van der Waals surface area contributed by atoms with Gasteiger partial charge in [0.15, 0.2) is 0 Å². The van der Waals surface area contributed by atoms with Crippen LogP contribution in [0.3, 0.4) is 0 Å². The summed E-state index contributed by atoms with van der Waals surface area (Å²) in [7, 11) is -3.92. The van der Waals surface area contributed by atoms with Gasteiger partial charge in [0.2, 0.25) is 0 Å². The minimum Gasteiger partial charge on any atom is -0.285 e. The highest BCUT2D eigenvalue weighted by atomic mass is 32.2. The van der Waals surface area contributed by atoms with Crippen molar-refractivity contribution in [1.29, 1.82) is 0 Å². The summed E-state index contributed by atoms with van der Waals surface area (Å²) in [6.07, 6.45) is 4.66. The fourth-order valence-corrected chi connectivity index (χ4v) is 6.20. The van der Waals surface area contributed by atoms with E-state index >= 15 is 0 Å². The van der Waals surface area contributed by atoms with Crippen LogP contribution < -0.4 is 0 Å². The zero-order chi connectivity index (χ0) is 11.9. The van der Waals surface area contributed by atoms with Crippen molar-refractivity contribution < 1.29 is 13.0 Å². The maximum atomic E-state index is 11.3. The number of hydrogen-bond donors (Lipinski definition) is 1. The summed E-state index contributed by atoms with van der Waals surface area (Å²) in [5.74, 6) is -0.0388. The zero-order valence-electron chi connectivity index (χ0n) is 9.64. The molecule has 1 N–H and O–H groups in total. The number of rotatable bonds is 1. The summed E-state index contributed by atoms with van der Waals surface area (Å²) in [5.41, 5.74) is 1.43. The van der Waals surface area contributed by atoms with E-state index < -0.39 is 15.4 Å². The molecule has 3 nitrogen and oxygen atoms in total. The molecule has 3 unspecified atom stereocenters. The molecule has 1 aliphatic heterocycles. The summed E-state index contributed by atoms with van der Waals surface area (Å²) >= 11 is 1.65. The Bertz CT molecular complexity index is 403. The maximum Gasteiger partial charge on any atom is 0.269 e. The van der Waals surface area contributed by atoms with Crippen LogP contribution in [0.1, 0.15) is 39.5 Å². The Morgan fingerprint density at radius 1 is 1.25 bits per heavy atom. The summed E-state index contributed by atoms with van der Waals surface area (Å²) in [5, 5.41) is -0.659. The first kappa shape index (κ1) is 12.5. The molecule has 2 fully saturated rings. The van der Waals surface area contributed by atoms with E-state index in [1.54, 1.807) is 11.8 Å². The highest BCUT2D eigenvalue weighted by molar-refractivity contribution is 8.05. The van der Waals surface area contributed by atoms with Gasteiger partial charge in [-0.2, -0.15) is 8.42 Å². The van der Waals surface area contributed by atoms with Gasteiger partial charge in [0, 0.05) is 11.2 Å². The molecular weight excluding hydrogens is 244 g/mol. The van der Waals surface area contributed by atoms with Crippen LogP contribution in [-0.4, -0.2) is 23.5 Å². The van der Waals surface area contributed by atoms with Gasteiger partial charge in [0.05, 0.1) is 0 Å². The monoisotopic (exact) mass is 262 g/mol. The van der Waals surface area contributed by atoms with Crippen LogP contribution in [0, 0.1) is 5.92 Å². The van der Waals surface area contributed by atoms with Gasteiger partial charge in [-0.05, 0) is 30.6 Å². The van der Waals surface area contributed by atoms with Crippen molar-refractivity contribution in [3.8, 4) is 0 Å². The van der Waals surface area contributed by atoms with Gasteiger partial charge in [-0.1, -0.05) is 19.4 Å². The smallest absolute Gasteiger partial charge is 0.269 e. The van der Waals surface area contributed by atoms with Crippen molar-refractivity contribution >= 4 is 21.9 Å². The standard InChI is InChI=1S/C11H18O3S2/c1-7-10(9-5-3-4-6-9)15-8(2)11(7)16(12,13)14/h7-8,11H,3-6H2,1-2H3,(H,12,13,14). The predicted molar refractivity (Wildman–Crippen MR) is 67.0 cm³/mol. The van der Waals surface area contributed by atoms with Crippen LogP contribution in [0.15, 0.2) is 10.5 Å². The van der Waals surface area contributed by atoms with Gasteiger partial charge < -0.3 is 0 Å². The SMILES string of the molecule is CC1SC(=C2CCCC2)C(C)C1S(=O)(=O)O. The van der Waals surface area contributed by atoms with Crippen molar-refractivity contribution in [3.05, 3.63) is 10.5 Å². The first-order chi connectivity index (χ1) is 7.41. The highest BCUT2D eigenvalue weighted by Crippen LogP contribution is 2.48. The van der Waals surface area contributed by atoms with Crippen molar-refractivity contribution in [2.75, 3.05) is 0 Å². The summed E-state index contributed by atoms with van der Waals surface area (Å²) in [6, 6.07) is 0. The zero-order valence-corrected chi connectivity index (χ0v) is 11.3. The molecule has 0 aromatic carbocycles. The topological polar surface area (TPSA) is 54.4 Å². The van der Waals surface area contributed by atoms with E-state index in [1.807, 2.05) is 13.8 Å². The summed E-state index contributed by atoms with van der Waals surface area (Å²) in [4.78, 5) is 1.23. The molecule has 16 heavy (non-hydrogen) atoms. The third kappa shape index (κ3) is 2.17. The number of allylic oxidation sites excluding steroid dienone is 2. The lowest BCUT2D eigenvalue weighted by Crippen LogP contribution is -2.30. The van der Waals surface area contributed by atoms with Crippen LogP contribution in [0.5, 0.6) is 0 Å². The third-order valence-electron chi connectivity index (χ3n) is 3.58. The molecule has 0 amide bonds. The van der Waals surface area contributed by atoms with E-state index in [9.17, 15) is 13.0 Å². The van der Waals surface area contributed by atoms with E-state index in [-0.39, 0.29) is 11.2 Å². The molecule has 0 aromatic heterocycles. The molecule has 3 atom stereocenters. The summed E-state index contributed by atoms with van der Waals surface area (Å²) < 4.78 is 31.9. The minimum absolute atomic E-state index is 0.0342. The minimum atomic E-state index is -3.92. The molecule has 1 heterocycles. The highest BCUT2D eigenvalue weighted by Gasteiger charge is 2.44. The maximum absolute atomic E-state index is 11.3. The van der Waals surface area contributed by atoms with E-state index in [1.165, 1.54) is 23.3 Å². The molecule has 0 spiro atoms. The molecule has 1 aliphatic carbocycles. The first-order valence-electron chi connectivity index (χ1n) is 5.76. The van der Waals surface area contributed by atoms with Gasteiger partial charge in [-0.3, -0.25) is 4.55 Å². The largest absolute Gasteiger partial charge is 0.285 e. The van der Waals surface area contributed by atoms with Crippen LogP contribution in [-0.2, 0) is 10.1 Å². The second-order valence-electron chi connectivity index (χ2n) is 4.77. The van der Waals surface area contributed by atoms with Crippen molar-refractivity contribution in [2.45, 2.75) is 50.0 Å². The van der Waals surface area contributed by atoms with E-state index in [4.69, 9.17) is 0 Å². The predicted octanol–water partition coefficient (Wildman–Crippen LogP) is 2.84. The van der Waals surface area contributed by atoms with Gasteiger partial charge in [-0.15, -0.1) is 11.8 Å². The van der Waals surface area contributed by atoms with Crippen LogP contribution in [0.4, 0.5) is 0 Å². The Hall–Kier alpha value is -0.0000000000000000763. The normalized spacial score (nSPS) is 36.1. The molecule has 2 rings (SSSR count). The molecular formula is C11H18O3S2. The Balaban J connectivity index is 2.32. The van der Waals surface area contributed by atoms with Gasteiger partial charge in [-0.25, -0.2) is 0 Å². The van der Waals surface area contributed by atoms with Gasteiger partial charge in [0.25, 0.3) is 10.1 Å². The van der Waals surface area contributed by atoms with Crippen LogP contribution in [0.2, 0.25) is 0 Å². The van der Waals surface area contributed by atoms with Gasteiger partial charge >= 0.3 is 0 Å². The first-order valence-corrected chi connectivity index (χ1v) is 8.14. The molecule has 2 aliphatic rings. The number of thioether (sulfide) groups is 1. The molecule has 1 saturated heterocycles. The quantitative estimate of drug-likeness (QED) is 0.738. The lowest BCUT2D eigenvalue weighted by Gasteiger charge is -2.15. The fourth-order valence-electron chi connectivity index (χ4n) is 2.88. The van der Waals surface area contributed by atoms with E-state index in [0.29, 0.717) is 0 Å². The van der Waals surface area contributed by atoms with Crippen molar-refractivity contribution in [2.24, 2.45) is 5.92 Å². The van der Waals surface area contributed by atoms with Crippen LogP contribution in [0.25, 0.3) is 0 Å². The molecule has 0 bridgehead atoms. The van der Waals surface area contributed by atoms with E-state index in [0.717, 1.165) is 12.8 Å². The lowest BCUT2D eigenvalue weighted by molar-refractivity contribution is 0.452. The fraction of sp³-hybridized carbons (Fsp3) is 0.818. The van der Waals surface area contributed by atoms with Gasteiger partial charge in [0.1, 0.15) is 5.25 Å². The van der Waals surface area contributed by atoms with Crippen molar-refractivity contribution in [3.63, 3.8) is 0 Å². The van der Waals surface area contributed by atoms with Crippen LogP contribution >= 0.6 is 11.8 Å². The average molecular weight is 262 g/mol. The molecule has 92 valence electrons. The number of hydrogen-bond acceptors (Lipinski definition) is 3. The van der Waals surface area contributed by atoms with E-state index in [2.05, 4.69) is 0 Å². The lowest BCUT2D eigenvalue weighted by atomic mass is 10.0. The third-order valence-corrected chi connectivity index (χ3v) is 6.84. The molecule has 1 saturated carbocycles. The Morgan fingerprint density at radius 2 is 1.81 bits per heavy atom. The van der Waals surface area contributed by atoms with Crippen molar-refractivity contribution in [1.82, 2.24) is 0 Å². The second-order valence-corrected chi connectivity index (χ2v) is 7.76. The second kappa shape index (κ2) is 4.35. The Labute approximate surface area is 101 Å². The molecule has 5 heteroatoms. The molecule has 0 radical (unpaired) electrons. The Kier molecular flexibility index (Phi) is 3.39. The Morgan fingerprint density at radius 3 is 2.25 bits per heavy atom. The molecule has 0 aromatic rings. The average Bonchev–Trinajstić information content (AvgIpc) is 2.71. The summed E-state index contributed by atoms with van der Waals surface area (Å²) in [6.45, 7) is 3.82.